The summed E-state index contributed by atoms with van der Waals surface area (Å²) in [5.41, 5.74) is 6.61. The van der Waals surface area contributed by atoms with Gasteiger partial charge in [-0.3, -0.25) is 9.59 Å². The van der Waals surface area contributed by atoms with Crippen molar-refractivity contribution >= 4 is 11.9 Å². The van der Waals surface area contributed by atoms with Gasteiger partial charge in [0.2, 0.25) is 17.6 Å². The average molecular weight is 552 g/mol. The van der Waals surface area contributed by atoms with Crippen molar-refractivity contribution in [1.29, 1.82) is 0 Å². The normalized spacial score (nSPS) is 11.8. The van der Waals surface area contributed by atoms with Crippen LogP contribution in [-0.4, -0.2) is 46.7 Å². The topological polar surface area (TPSA) is 156 Å². The van der Waals surface area contributed by atoms with Crippen molar-refractivity contribution in [2.24, 2.45) is 5.73 Å². The molecule has 1 unspecified atom stereocenters. The number of carbonyl (C=O) groups is 2. The van der Waals surface area contributed by atoms with E-state index in [1.165, 1.54) is 18.4 Å². The van der Waals surface area contributed by atoms with Crippen LogP contribution in [0.15, 0.2) is 57.7 Å². The number of benzene rings is 2. The molecule has 12 heteroatoms. The van der Waals surface area contributed by atoms with Crippen molar-refractivity contribution in [3.63, 3.8) is 0 Å². The highest BCUT2D eigenvalue weighted by atomic mass is 19.1. The first-order chi connectivity index (χ1) is 19.3. The molecule has 0 saturated carbocycles. The summed E-state index contributed by atoms with van der Waals surface area (Å²) in [5, 5.41) is 6.51. The highest BCUT2D eigenvalue weighted by Crippen LogP contribution is 2.29. The Morgan fingerprint density at radius 2 is 1.82 bits per heavy atom. The molecule has 0 aliphatic rings. The van der Waals surface area contributed by atoms with Crippen molar-refractivity contribution in [1.82, 2.24) is 20.4 Å². The van der Waals surface area contributed by atoms with Gasteiger partial charge in [0, 0.05) is 17.0 Å². The lowest BCUT2D eigenvalue weighted by Gasteiger charge is -2.14. The Bertz CT molecular complexity index is 1450. The third-order valence-corrected chi connectivity index (χ3v) is 5.82. The number of halogens is 1. The molecule has 2 aromatic heterocycles. The Morgan fingerprint density at radius 3 is 2.48 bits per heavy atom. The van der Waals surface area contributed by atoms with Crippen LogP contribution >= 0.6 is 0 Å². The predicted octanol–water partition coefficient (Wildman–Crippen LogP) is 4.42. The monoisotopic (exact) mass is 551 g/mol. The van der Waals surface area contributed by atoms with Crippen LogP contribution in [-0.2, 0) is 9.53 Å². The summed E-state index contributed by atoms with van der Waals surface area (Å²) in [7, 11) is 0. The van der Waals surface area contributed by atoms with Gasteiger partial charge in [-0.1, -0.05) is 32.0 Å². The maximum atomic E-state index is 14.7. The number of ether oxygens (including phenoxy) is 2. The molecular formula is C28H30FN5O6. The summed E-state index contributed by atoms with van der Waals surface area (Å²) in [6.07, 6.45) is 1.49. The van der Waals surface area contributed by atoms with Gasteiger partial charge in [-0.15, -0.1) is 0 Å². The second-order valence-corrected chi connectivity index (χ2v) is 9.10. The Morgan fingerprint density at radius 1 is 1.07 bits per heavy atom. The van der Waals surface area contributed by atoms with E-state index >= 15 is 0 Å². The summed E-state index contributed by atoms with van der Waals surface area (Å²) >= 11 is 0. The number of esters is 1. The van der Waals surface area contributed by atoms with E-state index in [1.54, 1.807) is 18.2 Å². The third-order valence-electron chi connectivity index (χ3n) is 5.82. The zero-order valence-corrected chi connectivity index (χ0v) is 22.3. The van der Waals surface area contributed by atoms with Crippen LogP contribution in [0, 0.1) is 5.82 Å². The molecule has 0 spiro atoms. The average Bonchev–Trinajstić information content (AvgIpc) is 3.65. The number of amides is 1. The zero-order chi connectivity index (χ0) is 28.6. The SMILES string of the molecule is CCC(Oc1ccc(-c2noc(C(C)C)n2)cc1)c1nc(-c2ccc(C(=O)NCCOC(=O)CN)c(F)c2)co1. The molecule has 4 aromatic rings. The second kappa shape index (κ2) is 13.0. The maximum Gasteiger partial charge on any atom is 0.319 e. The Balaban J connectivity index is 1.39. The van der Waals surface area contributed by atoms with Gasteiger partial charge >= 0.3 is 5.97 Å². The highest BCUT2D eigenvalue weighted by molar-refractivity contribution is 5.95. The van der Waals surface area contributed by atoms with Crippen molar-refractivity contribution in [2.45, 2.75) is 39.2 Å². The Hall–Kier alpha value is -4.58. The molecule has 0 aliphatic carbocycles. The Labute approximate surface area is 229 Å². The molecule has 2 heterocycles. The first kappa shape index (κ1) is 28.4. The molecule has 0 radical (unpaired) electrons. The number of aromatic nitrogens is 3. The van der Waals surface area contributed by atoms with Gasteiger partial charge in [0.05, 0.1) is 18.7 Å². The number of nitrogens with two attached hydrogens (primary N) is 1. The van der Waals surface area contributed by atoms with E-state index in [2.05, 4.69) is 20.4 Å². The second-order valence-electron chi connectivity index (χ2n) is 9.10. The molecule has 3 N–H and O–H groups in total. The lowest BCUT2D eigenvalue weighted by atomic mass is 10.1. The van der Waals surface area contributed by atoms with Crippen LogP contribution in [0.25, 0.3) is 22.6 Å². The van der Waals surface area contributed by atoms with E-state index in [4.69, 9.17) is 24.1 Å². The number of hydrogen-bond acceptors (Lipinski definition) is 10. The lowest BCUT2D eigenvalue weighted by molar-refractivity contribution is -0.141. The fraction of sp³-hybridized carbons (Fsp3) is 0.321. The number of hydrogen-bond donors (Lipinski definition) is 2. The van der Waals surface area contributed by atoms with Crippen LogP contribution < -0.4 is 15.8 Å². The van der Waals surface area contributed by atoms with Gasteiger partial charge in [0.1, 0.15) is 30.1 Å². The third kappa shape index (κ3) is 6.89. The van der Waals surface area contributed by atoms with E-state index in [0.717, 1.165) is 5.56 Å². The molecule has 2 aromatic carbocycles. The number of nitrogens with zero attached hydrogens (tertiary/aromatic N) is 3. The minimum atomic E-state index is -0.732. The van der Waals surface area contributed by atoms with Crippen molar-refractivity contribution < 1.29 is 32.4 Å². The van der Waals surface area contributed by atoms with Crippen molar-refractivity contribution in [3.8, 4) is 28.4 Å². The van der Waals surface area contributed by atoms with Crippen LogP contribution in [0.1, 0.15) is 61.4 Å². The molecule has 1 atom stereocenters. The maximum absolute atomic E-state index is 14.7. The lowest BCUT2D eigenvalue weighted by Crippen LogP contribution is -2.29. The summed E-state index contributed by atoms with van der Waals surface area (Å²) in [6, 6.07) is 11.4. The van der Waals surface area contributed by atoms with Crippen LogP contribution in [0.4, 0.5) is 4.39 Å². The standard InChI is InChI=1S/C28H30FN5O6/c1-4-23(39-19-8-5-17(6-9-19)25-33-27(16(2)3)40-34-25)28-32-22(15-38-28)18-7-10-20(21(29)13-18)26(36)31-11-12-37-24(35)14-30/h5-10,13,15-16,23H,4,11-12,14,30H2,1-3H3,(H,31,36). The van der Waals surface area contributed by atoms with Crippen LogP contribution in [0.2, 0.25) is 0 Å². The fourth-order valence-corrected chi connectivity index (χ4v) is 3.65. The van der Waals surface area contributed by atoms with Gasteiger partial charge in [-0.25, -0.2) is 9.37 Å². The molecule has 1 amide bonds. The first-order valence-corrected chi connectivity index (χ1v) is 12.8. The van der Waals surface area contributed by atoms with Gasteiger partial charge < -0.3 is 29.5 Å². The van der Waals surface area contributed by atoms with Crippen LogP contribution in [0.3, 0.4) is 0 Å². The molecule has 40 heavy (non-hydrogen) atoms. The Kier molecular flexibility index (Phi) is 9.23. The fourth-order valence-electron chi connectivity index (χ4n) is 3.65. The molecule has 210 valence electrons. The number of rotatable bonds is 12. The summed E-state index contributed by atoms with van der Waals surface area (Å²) in [5.74, 6) is 0.178. The minimum Gasteiger partial charge on any atom is -0.481 e. The summed E-state index contributed by atoms with van der Waals surface area (Å²) in [4.78, 5) is 32.2. The molecule has 0 saturated heterocycles. The zero-order valence-electron chi connectivity index (χ0n) is 22.3. The van der Waals surface area contributed by atoms with Crippen molar-refractivity contribution in [3.05, 3.63) is 71.9 Å². The number of carbonyl (C=O) groups excluding carboxylic acids is 2. The number of oxazole rings is 1. The summed E-state index contributed by atoms with van der Waals surface area (Å²) < 4.78 is 36.5. The van der Waals surface area contributed by atoms with E-state index in [1.807, 2.05) is 32.9 Å². The molecule has 0 bridgehead atoms. The van der Waals surface area contributed by atoms with Gasteiger partial charge in [-0.05, 0) is 42.8 Å². The van der Waals surface area contributed by atoms with Crippen molar-refractivity contribution in [2.75, 3.05) is 19.7 Å². The summed E-state index contributed by atoms with van der Waals surface area (Å²) in [6.45, 7) is 5.59. The van der Waals surface area contributed by atoms with E-state index < -0.39 is 23.8 Å². The number of nitrogens with one attached hydrogen (secondary N) is 1. The van der Waals surface area contributed by atoms with Gasteiger partial charge in [0.15, 0.2) is 6.10 Å². The van der Waals surface area contributed by atoms with Gasteiger partial charge in [0.25, 0.3) is 5.91 Å². The smallest absolute Gasteiger partial charge is 0.319 e. The quantitative estimate of drug-likeness (QED) is 0.191. The largest absolute Gasteiger partial charge is 0.481 e. The predicted molar refractivity (Wildman–Crippen MR) is 142 cm³/mol. The molecule has 11 nitrogen and oxygen atoms in total. The van der Waals surface area contributed by atoms with Crippen LogP contribution in [0.5, 0.6) is 5.75 Å². The minimum absolute atomic E-state index is 0.0235. The molecule has 0 aliphatic heterocycles. The highest BCUT2D eigenvalue weighted by Gasteiger charge is 2.20. The van der Waals surface area contributed by atoms with E-state index in [9.17, 15) is 14.0 Å². The first-order valence-electron chi connectivity index (χ1n) is 12.8. The van der Waals surface area contributed by atoms with Gasteiger partial charge in [-0.2, -0.15) is 4.98 Å². The molecule has 0 fully saturated rings. The molecular weight excluding hydrogens is 521 g/mol. The van der Waals surface area contributed by atoms with E-state index in [0.29, 0.717) is 41.0 Å². The molecule has 4 rings (SSSR count). The van der Waals surface area contributed by atoms with E-state index in [-0.39, 0.29) is 31.2 Å².